The highest BCUT2D eigenvalue weighted by atomic mass is 19.4. The highest BCUT2D eigenvalue weighted by Gasteiger charge is 2.34. The predicted molar refractivity (Wildman–Crippen MR) is 81.7 cm³/mol. The number of rotatable bonds is 4. The molecule has 0 radical (unpaired) electrons. The fraction of sp³-hybridized carbons (Fsp3) is 0.235. The van der Waals surface area contributed by atoms with Crippen LogP contribution in [-0.4, -0.2) is 12.5 Å². The molecular weight excluding hydrogens is 326 g/mol. The highest BCUT2D eigenvalue weighted by molar-refractivity contribution is 6.04. The van der Waals surface area contributed by atoms with Crippen LogP contribution < -0.4 is 10.1 Å². The van der Waals surface area contributed by atoms with E-state index in [0.717, 1.165) is 11.6 Å². The number of anilines is 1. The van der Waals surface area contributed by atoms with Crippen molar-refractivity contribution in [2.24, 2.45) is 0 Å². The maximum atomic E-state index is 13.2. The smallest absolute Gasteiger partial charge is 0.419 e. The number of alkyl halides is 3. The molecule has 0 fully saturated rings. The van der Waals surface area contributed by atoms with Crippen LogP contribution >= 0.6 is 0 Å². The van der Waals surface area contributed by atoms with E-state index in [0.29, 0.717) is 24.5 Å². The minimum atomic E-state index is -4.83. The normalized spacial score (nSPS) is 11.2. The molecule has 2 rings (SSSR count). The molecule has 0 atom stereocenters. The second-order valence-corrected chi connectivity index (χ2v) is 5.06. The lowest BCUT2D eigenvalue weighted by atomic mass is 10.1. The summed E-state index contributed by atoms with van der Waals surface area (Å²) in [5.41, 5.74) is -0.586. The summed E-state index contributed by atoms with van der Waals surface area (Å²) in [7, 11) is 0. The fourth-order valence-corrected chi connectivity index (χ4v) is 2.13. The molecule has 2 aromatic rings. The first kappa shape index (κ1) is 17.8. The zero-order chi connectivity index (χ0) is 17.9. The van der Waals surface area contributed by atoms with Gasteiger partial charge in [-0.15, -0.1) is 0 Å². The van der Waals surface area contributed by atoms with Crippen molar-refractivity contribution in [2.45, 2.75) is 20.0 Å². The molecule has 0 spiro atoms. The van der Waals surface area contributed by atoms with Gasteiger partial charge >= 0.3 is 6.18 Å². The Morgan fingerprint density at radius 2 is 1.88 bits per heavy atom. The third kappa shape index (κ3) is 4.04. The lowest BCUT2D eigenvalue weighted by Crippen LogP contribution is -2.14. The van der Waals surface area contributed by atoms with E-state index < -0.39 is 23.5 Å². The Bertz CT molecular complexity index is 757. The third-order valence-electron chi connectivity index (χ3n) is 3.27. The number of aryl methyl sites for hydroxylation is 1. The molecule has 1 N–H and O–H groups in total. The van der Waals surface area contributed by atoms with Crippen LogP contribution in [0, 0.1) is 12.7 Å². The number of amides is 1. The van der Waals surface area contributed by atoms with Gasteiger partial charge in [-0.2, -0.15) is 13.2 Å². The van der Waals surface area contributed by atoms with E-state index in [1.54, 1.807) is 19.1 Å². The fourth-order valence-electron chi connectivity index (χ4n) is 2.13. The van der Waals surface area contributed by atoms with E-state index in [9.17, 15) is 22.4 Å². The Balaban J connectivity index is 2.22. The zero-order valence-corrected chi connectivity index (χ0v) is 13.0. The van der Waals surface area contributed by atoms with Gasteiger partial charge in [0.05, 0.1) is 12.2 Å². The average molecular weight is 341 g/mol. The molecule has 0 heterocycles. The molecule has 0 aliphatic carbocycles. The van der Waals surface area contributed by atoms with E-state index in [-0.39, 0.29) is 11.3 Å². The van der Waals surface area contributed by atoms with Gasteiger partial charge in [-0.1, -0.05) is 0 Å². The van der Waals surface area contributed by atoms with Gasteiger partial charge < -0.3 is 10.1 Å². The number of nitrogens with one attached hydrogen (secondary N) is 1. The van der Waals surface area contributed by atoms with E-state index in [4.69, 9.17) is 4.74 Å². The maximum Gasteiger partial charge on any atom is 0.419 e. The topological polar surface area (TPSA) is 38.3 Å². The SMILES string of the molecule is CCOc1ccc(C(=O)Nc2ccc(F)c(C(F)(F)F)c2)cc1C. The van der Waals surface area contributed by atoms with Crippen molar-refractivity contribution in [1.29, 1.82) is 0 Å². The Morgan fingerprint density at radius 3 is 2.46 bits per heavy atom. The summed E-state index contributed by atoms with van der Waals surface area (Å²) in [5, 5.41) is 2.33. The minimum absolute atomic E-state index is 0.139. The largest absolute Gasteiger partial charge is 0.494 e. The van der Waals surface area contributed by atoms with Crippen molar-refractivity contribution in [3.63, 3.8) is 0 Å². The second kappa shape index (κ2) is 6.90. The minimum Gasteiger partial charge on any atom is -0.494 e. The molecule has 0 aliphatic heterocycles. The third-order valence-corrected chi connectivity index (χ3v) is 3.27. The van der Waals surface area contributed by atoms with Crippen LogP contribution in [0.15, 0.2) is 36.4 Å². The van der Waals surface area contributed by atoms with Crippen LogP contribution in [0.3, 0.4) is 0 Å². The Hall–Kier alpha value is -2.57. The lowest BCUT2D eigenvalue weighted by Gasteiger charge is -2.12. The number of benzene rings is 2. The second-order valence-electron chi connectivity index (χ2n) is 5.06. The first-order valence-corrected chi connectivity index (χ1v) is 7.14. The summed E-state index contributed by atoms with van der Waals surface area (Å²) < 4.78 is 56.7. The Morgan fingerprint density at radius 1 is 1.17 bits per heavy atom. The molecule has 3 nitrogen and oxygen atoms in total. The van der Waals surface area contributed by atoms with Gasteiger partial charge in [0.15, 0.2) is 0 Å². The van der Waals surface area contributed by atoms with Crippen molar-refractivity contribution in [2.75, 3.05) is 11.9 Å². The summed E-state index contributed by atoms with van der Waals surface area (Å²) >= 11 is 0. The zero-order valence-electron chi connectivity index (χ0n) is 13.0. The molecule has 128 valence electrons. The van der Waals surface area contributed by atoms with Crippen molar-refractivity contribution < 1.29 is 27.1 Å². The summed E-state index contributed by atoms with van der Waals surface area (Å²) in [5.74, 6) is -1.37. The highest BCUT2D eigenvalue weighted by Crippen LogP contribution is 2.33. The number of hydrogen-bond donors (Lipinski definition) is 1. The molecule has 0 bridgehead atoms. The number of hydrogen-bond acceptors (Lipinski definition) is 2. The summed E-state index contributed by atoms with van der Waals surface area (Å²) in [6.45, 7) is 4.05. The standard InChI is InChI=1S/C17H15F4NO2/c1-3-24-15-7-4-11(8-10(15)2)16(23)22-12-5-6-14(18)13(9-12)17(19,20)21/h4-9H,3H2,1-2H3,(H,22,23). The van der Waals surface area contributed by atoms with Crippen LogP contribution in [0.2, 0.25) is 0 Å². The number of ether oxygens (including phenoxy) is 1. The molecular formula is C17H15F4NO2. The average Bonchev–Trinajstić information content (AvgIpc) is 2.50. The molecule has 0 unspecified atom stereocenters. The van der Waals surface area contributed by atoms with E-state index in [1.165, 1.54) is 6.07 Å². The molecule has 7 heteroatoms. The quantitative estimate of drug-likeness (QED) is 0.811. The summed E-state index contributed by atoms with van der Waals surface area (Å²) in [4.78, 5) is 12.2. The lowest BCUT2D eigenvalue weighted by molar-refractivity contribution is -0.139. The van der Waals surface area contributed by atoms with E-state index in [2.05, 4.69) is 5.32 Å². The summed E-state index contributed by atoms with van der Waals surface area (Å²) in [6.07, 6.45) is -4.83. The molecule has 0 aliphatic rings. The predicted octanol–water partition coefficient (Wildman–Crippen LogP) is 4.80. The van der Waals surface area contributed by atoms with Crippen molar-refractivity contribution in [3.05, 3.63) is 58.9 Å². The van der Waals surface area contributed by atoms with Crippen LogP contribution in [0.5, 0.6) is 5.75 Å². The maximum absolute atomic E-state index is 13.2. The van der Waals surface area contributed by atoms with E-state index in [1.807, 2.05) is 6.92 Å². The van der Waals surface area contributed by atoms with Gasteiger partial charge in [0.1, 0.15) is 11.6 Å². The van der Waals surface area contributed by atoms with Crippen molar-refractivity contribution in [3.8, 4) is 5.75 Å². The number of halogens is 4. The molecule has 0 aromatic heterocycles. The first-order chi connectivity index (χ1) is 11.2. The van der Waals surface area contributed by atoms with Crippen molar-refractivity contribution in [1.82, 2.24) is 0 Å². The monoisotopic (exact) mass is 341 g/mol. The first-order valence-electron chi connectivity index (χ1n) is 7.14. The molecule has 0 saturated heterocycles. The Kier molecular flexibility index (Phi) is 5.11. The van der Waals surface area contributed by atoms with Gasteiger partial charge in [0, 0.05) is 11.3 Å². The van der Waals surface area contributed by atoms with Gasteiger partial charge in [0.2, 0.25) is 0 Å². The van der Waals surface area contributed by atoms with Crippen LogP contribution in [0.1, 0.15) is 28.4 Å². The van der Waals surface area contributed by atoms with Crippen LogP contribution in [0.25, 0.3) is 0 Å². The summed E-state index contributed by atoms with van der Waals surface area (Å²) in [6, 6.07) is 6.98. The molecule has 1 amide bonds. The van der Waals surface area contributed by atoms with Gasteiger partial charge in [-0.3, -0.25) is 4.79 Å². The number of carbonyl (C=O) groups excluding carboxylic acids is 1. The van der Waals surface area contributed by atoms with Crippen molar-refractivity contribution >= 4 is 11.6 Å². The van der Waals surface area contributed by atoms with Gasteiger partial charge in [-0.25, -0.2) is 4.39 Å². The molecule has 24 heavy (non-hydrogen) atoms. The number of carbonyl (C=O) groups is 1. The van der Waals surface area contributed by atoms with Gasteiger partial charge in [-0.05, 0) is 55.8 Å². The van der Waals surface area contributed by atoms with Gasteiger partial charge in [0.25, 0.3) is 5.91 Å². The Labute approximate surface area is 136 Å². The molecule has 2 aromatic carbocycles. The van der Waals surface area contributed by atoms with E-state index >= 15 is 0 Å². The van der Waals surface area contributed by atoms with Crippen LogP contribution in [0.4, 0.5) is 23.2 Å². The molecule has 0 saturated carbocycles. The van der Waals surface area contributed by atoms with Crippen LogP contribution in [-0.2, 0) is 6.18 Å².